The molecule has 0 amide bonds. The molecule has 5 heteroatoms. The minimum absolute atomic E-state index is 0.0560. The standard InChI is InChI=1S/C28H45ClNO3/c1-3-4-5-6-7-8-9-13-22-33-28(31)24-30(19-11-10-12-20-30)21-18-26(29)23-25-14-16-27(32-2)17-15-25/h14-18H,3-13,19-24H2,1-2H3/q+1/b26-18-. The van der Waals surface area contributed by atoms with Crippen molar-refractivity contribution in [2.45, 2.75) is 84.0 Å². The molecule has 33 heavy (non-hydrogen) atoms. The van der Waals surface area contributed by atoms with Gasteiger partial charge in [0.2, 0.25) is 0 Å². The first-order valence-electron chi connectivity index (χ1n) is 13.0. The van der Waals surface area contributed by atoms with Crippen LogP contribution in [0.25, 0.3) is 0 Å². The third-order valence-corrected chi connectivity index (χ3v) is 7.01. The van der Waals surface area contributed by atoms with E-state index in [2.05, 4.69) is 13.0 Å². The third-order valence-electron chi connectivity index (χ3n) is 6.72. The number of esters is 1. The van der Waals surface area contributed by atoms with Gasteiger partial charge in [0.15, 0.2) is 6.54 Å². The van der Waals surface area contributed by atoms with E-state index in [0.29, 0.717) is 19.6 Å². The maximum absolute atomic E-state index is 12.6. The summed E-state index contributed by atoms with van der Waals surface area (Å²) in [5.41, 5.74) is 1.16. The molecule has 0 saturated carbocycles. The van der Waals surface area contributed by atoms with Crippen molar-refractivity contribution in [2.75, 3.05) is 39.9 Å². The molecule has 0 bridgehead atoms. The van der Waals surface area contributed by atoms with Crippen LogP contribution in [0.5, 0.6) is 5.75 Å². The van der Waals surface area contributed by atoms with E-state index in [4.69, 9.17) is 21.1 Å². The fourth-order valence-electron chi connectivity index (χ4n) is 4.63. The zero-order valence-corrected chi connectivity index (χ0v) is 21.7. The molecular formula is C28H45ClNO3+. The molecule has 0 N–H and O–H groups in total. The molecule has 0 atom stereocenters. The number of rotatable bonds is 16. The van der Waals surface area contributed by atoms with Crippen LogP contribution in [0, 0.1) is 0 Å². The van der Waals surface area contributed by atoms with E-state index in [0.717, 1.165) is 66.1 Å². The summed E-state index contributed by atoms with van der Waals surface area (Å²) in [6, 6.07) is 8.01. The van der Waals surface area contributed by atoms with Gasteiger partial charge in [0, 0.05) is 11.5 Å². The van der Waals surface area contributed by atoms with Crippen LogP contribution < -0.4 is 4.74 Å². The molecule has 1 aliphatic rings. The highest BCUT2D eigenvalue weighted by Gasteiger charge is 2.32. The number of likely N-dealkylation sites (tertiary alicyclic amines) is 1. The summed E-state index contributed by atoms with van der Waals surface area (Å²) in [5.74, 6) is 0.793. The average molecular weight is 479 g/mol. The summed E-state index contributed by atoms with van der Waals surface area (Å²) in [6.07, 6.45) is 16.4. The van der Waals surface area contributed by atoms with E-state index in [1.165, 1.54) is 44.9 Å². The number of piperidine rings is 1. The van der Waals surface area contributed by atoms with E-state index in [1.54, 1.807) is 7.11 Å². The Morgan fingerprint density at radius 3 is 2.24 bits per heavy atom. The molecular weight excluding hydrogens is 434 g/mol. The van der Waals surface area contributed by atoms with Gasteiger partial charge in [-0.2, -0.15) is 0 Å². The van der Waals surface area contributed by atoms with Gasteiger partial charge in [-0.15, -0.1) is 0 Å². The van der Waals surface area contributed by atoms with Crippen molar-refractivity contribution < 1.29 is 18.8 Å². The fourth-order valence-corrected chi connectivity index (χ4v) is 4.86. The number of hydrogen-bond donors (Lipinski definition) is 0. The number of carbonyl (C=O) groups is 1. The largest absolute Gasteiger partial charge is 0.497 e. The zero-order chi connectivity index (χ0) is 23.8. The Kier molecular flexibility index (Phi) is 13.6. The minimum atomic E-state index is -0.0560. The van der Waals surface area contributed by atoms with E-state index < -0.39 is 0 Å². The lowest BCUT2D eigenvalue weighted by atomic mass is 10.1. The molecule has 2 rings (SSSR count). The van der Waals surface area contributed by atoms with Gasteiger partial charge >= 0.3 is 5.97 Å². The molecule has 1 fully saturated rings. The lowest BCUT2D eigenvalue weighted by molar-refractivity contribution is -0.920. The van der Waals surface area contributed by atoms with Crippen LogP contribution in [0.4, 0.5) is 0 Å². The summed E-state index contributed by atoms with van der Waals surface area (Å²) in [6.45, 7) is 6.11. The van der Waals surface area contributed by atoms with Gasteiger partial charge in [-0.25, -0.2) is 4.79 Å². The topological polar surface area (TPSA) is 35.5 Å². The molecule has 0 aromatic heterocycles. The second-order valence-corrected chi connectivity index (χ2v) is 10.0. The molecule has 1 aromatic carbocycles. The van der Waals surface area contributed by atoms with Gasteiger partial charge in [0.05, 0.1) is 33.4 Å². The number of carbonyl (C=O) groups excluding carboxylic acids is 1. The number of allylic oxidation sites excluding steroid dienone is 1. The Labute approximate surface area is 206 Å². The summed E-state index contributed by atoms with van der Waals surface area (Å²) in [7, 11) is 1.67. The number of unbranched alkanes of at least 4 members (excludes halogenated alkanes) is 7. The molecule has 0 spiro atoms. The van der Waals surface area contributed by atoms with Crippen molar-refractivity contribution in [1.29, 1.82) is 0 Å². The van der Waals surface area contributed by atoms with Gasteiger partial charge in [-0.1, -0.05) is 75.6 Å². The maximum Gasteiger partial charge on any atom is 0.361 e. The number of methoxy groups -OCH3 is 1. The van der Waals surface area contributed by atoms with E-state index in [-0.39, 0.29) is 5.97 Å². The lowest BCUT2D eigenvalue weighted by Gasteiger charge is -2.40. The second kappa shape index (κ2) is 16.2. The van der Waals surface area contributed by atoms with E-state index >= 15 is 0 Å². The number of nitrogens with zero attached hydrogens (tertiary/aromatic N) is 1. The second-order valence-electron chi connectivity index (χ2n) is 9.56. The molecule has 0 unspecified atom stereocenters. The van der Waals surface area contributed by atoms with Gasteiger partial charge in [-0.3, -0.25) is 0 Å². The highest BCUT2D eigenvalue weighted by molar-refractivity contribution is 6.29. The first kappa shape index (κ1) is 27.7. The Balaban J connectivity index is 1.75. The lowest BCUT2D eigenvalue weighted by Crippen LogP contribution is -2.54. The van der Waals surface area contributed by atoms with Crippen LogP contribution in [0.15, 0.2) is 35.4 Å². The smallest absolute Gasteiger partial charge is 0.361 e. The summed E-state index contributed by atoms with van der Waals surface area (Å²) in [4.78, 5) is 12.6. The summed E-state index contributed by atoms with van der Waals surface area (Å²) in [5, 5.41) is 0.829. The molecule has 0 radical (unpaired) electrons. The molecule has 1 heterocycles. The number of hydrogen-bond acceptors (Lipinski definition) is 3. The first-order valence-corrected chi connectivity index (χ1v) is 13.4. The molecule has 4 nitrogen and oxygen atoms in total. The van der Waals surface area contributed by atoms with Crippen molar-refractivity contribution in [2.24, 2.45) is 0 Å². The SMILES string of the molecule is CCCCCCCCCCOC(=O)C[N+]1(C/C=C(\Cl)Cc2ccc(OC)cc2)CCCCC1. The van der Waals surface area contributed by atoms with Crippen LogP contribution in [-0.2, 0) is 16.0 Å². The van der Waals surface area contributed by atoms with E-state index in [9.17, 15) is 4.79 Å². The van der Waals surface area contributed by atoms with Crippen molar-refractivity contribution in [3.05, 3.63) is 40.9 Å². The normalized spacial score (nSPS) is 15.9. The number of benzene rings is 1. The molecule has 0 aliphatic carbocycles. The monoisotopic (exact) mass is 478 g/mol. The first-order chi connectivity index (χ1) is 16.1. The van der Waals surface area contributed by atoms with Crippen LogP contribution >= 0.6 is 11.6 Å². The predicted molar refractivity (Wildman–Crippen MR) is 138 cm³/mol. The van der Waals surface area contributed by atoms with Crippen LogP contribution in [0.3, 0.4) is 0 Å². The van der Waals surface area contributed by atoms with Gasteiger partial charge in [-0.05, 0) is 49.5 Å². The molecule has 1 saturated heterocycles. The van der Waals surface area contributed by atoms with Gasteiger partial charge in [0.25, 0.3) is 0 Å². The fraction of sp³-hybridized carbons (Fsp3) is 0.679. The highest BCUT2D eigenvalue weighted by atomic mass is 35.5. The summed E-state index contributed by atoms with van der Waals surface area (Å²) < 4.78 is 11.6. The number of halogens is 1. The Hall–Kier alpha value is -1.52. The highest BCUT2D eigenvalue weighted by Crippen LogP contribution is 2.22. The Morgan fingerprint density at radius 1 is 0.970 bits per heavy atom. The average Bonchev–Trinajstić information content (AvgIpc) is 2.83. The Bertz CT molecular complexity index is 696. The van der Waals surface area contributed by atoms with Gasteiger partial charge in [0.1, 0.15) is 5.75 Å². The number of quaternary nitrogens is 1. The summed E-state index contributed by atoms with van der Waals surface area (Å²) >= 11 is 6.58. The van der Waals surface area contributed by atoms with Crippen LogP contribution in [0.1, 0.15) is 83.1 Å². The van der Waals surface area contributed by atoms with Crippen molar-refractivity contribution in [3.63, 3.8) is 0 Å². The van der Waals surface area contributed by atoms with Crippen LogP contribution in [0.2, 0.25) is 0 Å². The van der Waals surface area contributed by atoms with Crippen molar-refractivity contribution in [1.82, 2.24) is 0 Å². The molecule has 1 aromatic rings. The Morgan fingerprint density at radius 2 is 1.61 bits per heavy atom. The predicted octanol–water partition coefficient (Wildman–Crippen LogP) is 7.05. The quantitative estimate of drug-likeness (QED) is 0.145. The van der Waals surface area contributed by atoms with Gasteiger partial charge < -0.3 is 14.0 Å². The van der Waals surface area contributed by atoms with Crippen molar-refractivity contribution >= 4 is 17.6 Å². The minimum Gasteiger partial charge on any atom is -0.497 e. The van der Waals surface area contributed by atoms with Crippen molar-refractivity contribution in [3.8, 4) is 5.75 Å². The molecule has 186 valence electrons. The third kappa shape index (κ3) is 11.4. The number of ether oxygens (including phenoxy) is 2. The maximum atomic E-state index is 12.6. The molecule has 1 aliphatic heterocycles. The van der Waals surface area contributed by atoms with Crippen LogP contribution in [-0.4, -0.2) is 50.3 Å². The zero-order valence-electron chi connectivity index (χ0n) is 21.0. The van der Waals surface area contributed by atoms with E-state index in [1.807, 2.05) is 24.3 Å².